The van der Waals surface area contributed by atoms with E-state index in [0.717, 1.165) is 0 Å². The third kappa shape index (κ3) is 7.92. The SMILES string of the molecule is CCC(C)C(NC(=O)CN)C(=O)NC(CC(=O)O)C(=O)NC(C)C(=O)O. The Kier molecular flexibility index (Phi) is 9.89. The fourth-order valence-corrected chi connectivity index (χ4v) is 1.96. The number of carbonyl (C=O) groups is 5. The van der Waals surface area contributed by atoms with E-state index in [9.17, 15) is 24.0 Å². The first-order valence-corrected chi connectivity index (χ1v) is 8.08. The van der Waals surface area contributed by atoms with Crippen molar-refractivity contribution in [1.29, 1.82) is 0 Å². The van der Waals surface area contributed by atoms with Crippen molar-refractivity contribution in [1.82, 2.24) is 16.0 Å². The van der Waals surface area contributed by atoms with Gasteiger partial charge in [0.1, 0.15) is 18.1 Å². The molecule has 0 aliphatic heterocycles. The van der Waals surface area contributed by atoms with Crippen LogP contribution in [0.15, 0.2) is 0 Å². The largest absolute Gasteiger partial charge is 0.481 e. The number of carbonyl (C=O) groups excluding carboxylic acids is 3. The quantitative estimate of drug-likeness (QED) is 0.240. The summed E-state index contributed by atoms with van der Waals surface area (Å²) in [6, 6.07) is -3.78. The van der Waals surface area contributed by atoms with Crippen LogP contribution in [0.3, 0.4) is 0 Å². The summed E-state index contributed by atoms with van der Waals surface area (Å²) in [5, 5.41) is 24.5. The predicted molar refractivity (Wildman–Crippen MR) is 89.9 cm³/mol. The third-order valence-corrected chi connectivity index (χ3v) is 3.74. The van der Waals surface area contributed by atoms with E-state index in [1.54, 1.807) is 13.8 Å². The Labute approximate surface area is 150 Å². The van der Waals surface area contributed by atoms with Crippen molar-refractivity contribution in [3.8, 4) is 0 Å². The molecule has 0 aromatic carbocycles. The molecule has 0 aromatic rings. The van der Waals surface area contributed by atoms with Gasteiger partial charge in [0.25, 0.3) is 0 Å². The third-order valence-electron chi connectivity index (χ3n) is 3.74. The maximum absolute atomic E-state index is 12.5. The van der Waals surface area contributed by atoms with Crippen LogP contribution >= 0.6 is 0 Å². The number of carboxylic acids is 2. The molecule has 0 rings (SSSR count). The van der Waals surface area contributed by atoms with Gasteiger partial charge in [-0.15, -0.1) is 0 Å². The van der Waals surface area contributed by atoms with Crippen LogP contribution in [0.1, 0.15) is 33.6 Å². The second-order valence-corrected chi connectivity index (χ2v) is 5.86. The number of nitrogens with one attached hydrogen (secondary N) is 3. The van der Waals surface area contributed by atoms with Crippen LogP contribution in [-0.2, 0) is 24.0 Å². The first-order chi connectivity index (χ1) is 12.0. The summed E-state index contributed by atoms with van der Waals surface area (Å²) in [6.45, 7) is 4.34. The van der Waals surface area contributed by atoms with Crippen molar-refractivity contribution in [2.24, 2.45) is 11.7 Å². The van der Waals surface area contributed by atoms with Crippen molar-refractivity contribution in [2.45, 2.75) is 51.7 Å². The van der Waals surface area contributed by atoms with Crippen LogP contribution in [0.25, 0.3) is 0 Å². The zero-order valence-corrected chi connectivity index (χ0v) is 14.9. The Morgan fingerprint density at radius 3 is 1.96 bits per heavy atom. The van der Waals surface area contributed by atoms with Gasteiger partial charge >= 0.3 is 11.9 Å². The summed E-state index contributed by atoms with van der Waals surface area (Å²) >= 11 is 0. The fourth-order valence-electron chi connectivity index (χ4n) is 1.96. The molecular formula is C15H26N4O7. The highest BCUT2D eigenvalue weighted by atomic mass is 16.4. The monoisotopic (exact) mass is 374 g/mol. The second-order valence-electron chi connectivity index (χ2n) is 5.86. The van der Waals surface area contributed by atoms with E-state index in [2.05, 4.69) is 16.0 Å². The first kappa shape index (κ1) is 23.3. The number of hydrogen-bond donors (Lipinski definition) is 6. The number of amides is 3. The lowest BCUT2D eigenvalue weighted by Gasteiger charge is -2.26. The van der Waals surface area contributed by atoms with Crippen LogP contribution in [0, 0.1) is 5.92 Å². The second kappa shape index (κ2) is 11.0. The summed E-state index contributed by atoms with van der Waals surface area (Å²) in [5.74, 6) is -5.28. The van der Waals surface area contributed by atoms with E-state index in [0.29, 0.717) is 6.42 Å². The maximum atomic E-state index is 12.5. The number of nitrogens with two attached hydrogens (primary N) is 1. The molecule has 0 heterocycles. The molecule has 11 nitrogen and oxygen atoms in total. The highest BCUT2D eigenvalue weighted by molar-refractivity contribution is 5.95. The van der Waals surface area contributed by atoms with E-state index in [-0.39, 0.29) is 12.5 Å². The van der Waals surface area contributed by atoms with E-state index in [4.69, 9.17) is 15.9 Å². The Morgan fingerprint density at radius 2 is 1.54 bits per heavy atom. The predicted octanol–water partition coefficient (Wildman–Crippen LogP) is -1.98. The molecule has 0 saturated heterocycles. The van der Waals surface area contributed by atoms with Gasteiger partial charge in [-0.05, 0) is 12.8 Å². The Balaban J connectivity index is 5.28. The molecule has 148 valence electrons. The lowest BCUT2D eigenvalue weighted by molar-refractivity contribution is -0.143. The van der Waals surface area contributed by atoms with E-state index in [1.165, 1.54) is 6.92 Å². The number of carboxylic acid groups (broad SMARTS) is 2. The molecule has 4 atom stereocenters. The number of hydrogen-bond acceptors (Lipinski definition) is 6. The minimum Gasteiger partial charge on any atom is -0.481 e. The molecule has 11 heteroatoms. The highest BCUT2D eigenvalue weighted by Crippen LogP contribution is 2.09. The molecule has 4 unspecified atom stereocenters. The average molecular weight is 374 g/mol. The fraction of sp³-hybridized carbons (Fsp3) is 0.667. The summed E-state index contributed by atoms with van der Waals surface area (Å²) < 4.78 is 0. The lowest BCUT2D eigenvalue weighted by Crippen LogP contribution is -2.57. The smallest absolute Gasteiger partial charge is 0.325 e. The molecule has 0 spiro atoms. The van der Waals surface area contributed by atoms with Gasteiger partial charge in [0, 0.05) is 0 Å². The van der Waals surface area contributed by atoms with Crippen molar-refractivity contribution in [3.63, 3.8) is 0 Å². The van der Waals surface area contributed by atoms with Crippen molar-refractivity contribution in [3.05, 3.63) is 0 Å². The van der Waals surface area contributed by atoms with Gasteiger partial charge in [0.15, 0.2) is 0 Å². The Hall–Kier alpha value is -2.69. The summed E-state index contributed by atoms with van der Waals surface area (Å²) in [4.78, 5) is 57.9. The van der Waals surface area contributed by atoms with E-state index >= 15 is 0 Å². The zero-order valence-electron chi connectivity index (χ0n) is 14.9. The lowest BCUT2D eigenvalue weighted by atomic mass is 9.97. The summed E-state index contributed by atoms with van der Waals surface area (Å²) in [7, 11) is 0. The van der Waals surface area contributed by atoms with Crippen molar-refractivity contribution in [2.75, 3.05) is 6.54 Å². The van der Waals surface area contributed by atoms with Gasteiger partial charge < -0.3 is 31.9 Å². The topological polar surface area (TPSA) is 188 Å². The molecular weight excluding hydrogens is 348 g/mol. The minimum atomic E-state index is -1.50. The summed E-state index contributed by atoms with van der Waals surface area (Å²) in [5.41, 5.74) is 5.22. The van der Waals surface area contributed by atoms with Gasteiger partial charge in [-0.1, -0.05) is 20.3 Å². The molecule has 0 aliphatic carbocycles. The summed E-state index contributed by atoms with van der Waals surface area (Å²) in [6.07, 6.45) is -0.225. The highest BCUT2D eigenvalue weighted by Gasteiger charge is 2.31. The molecule has 0 fully saturated rings. The zero-order chi connectivity index (χ0) is 20.4. The van der Waals surface area contributed by atoms with Crippen molar-refractivity contribution < 1.29 is 34.2 Å². The molecule has 0 saturated carbocycles. The van der Waals surface area contributed by atoms with Crippen LogP contribution in [0.2, 0.25) is 0 Å². The molecule has 0 aromatic heterocycles. The van der Waals surface area contributed by atoms with Gasteiger partial charge in [0.2, 0.25) is 17.7 Å². The van der Waals surface area contributed by atoms with Gasteiger partial charge in [-0.25, -0.2) is 0 Å². The van der Waals surface area contributed by atoms with Crippen LogP contribution in [-0.4, -0.2) is 64.5 Å². The molecule has 3 amide bonds. The average Bonchev–Trinajstić information content (AvgIpc) is 2.57. The van der Waals surface area contributed by atoms with Crippen LogP contribution in [0.4, 0.5) is 0 Å². The first-order valence-electron chi connectivity index (χ1n) is 8.08. The standard InChI is InChI=1S/C15H26N4O7/c1-4-7(2)12(19-10(20)6-16)14(24)18-9(5-11(21)22)13(23)17-8(3)15(25)26/h7-9,12H,4-6,16H2,1-3H3,(H,17,23)(H,18,24)(H,19,20)(H,21,22)(H,25,26). The van der Waals surface area contributed by atoms with Crippen LogP contribution < -0.4 is 21.7 Å². The molecule has 26 heavy (non-hydrogen) atoms. The van der Waals surface area contributed by atoms with E-state index in [1.807, 2.05) is 0 Å². The Morgan fingerprint density at radius 1 is 0.962 bits per heavy atom. The normalized spacial score (nSPS) is 15.1. The van der Waals surface area contributed by atoms with Crippen molar-refractivity contribution >= 4 is 29.7 Å². The Bertz CT molecular complexity index is 552. The van der Waals surface area contributed by atoms with Gasteiger partial charge in [-0.2, -0.15) is 0 Å². The molecule has 0 bridgehead atoms. The molecule has 0 aliphatic rings. The van der Waals surface area contributed by atoms with Crippen LogP contribution in [0.5, 0.6) is 0 Å². The number of aliphatic carboxylic acids is 2. The molecule has 7 N–H and O–H groups in total. The maximum Gasteiger partial charge on any atom is 0.325 e. The molecule has 0 radical (unpaired) electrons. The van der Waals surface area contributed by atoms with Gasteiger partial charge in [0.05, 0.1) is 13.0 Å². The number of rotatable bonds is 11. The minimum absolute atomic E-state index is 0.308. The van der Waals surface area contributed by atoms with Gasteiger partial charge in [-0.3, -0.25) is 24.0 Å². The van der Waals surface area contributed by atoms with E-state index < -0.39 is 54.2 Å².